The number of rotatable bonds is 7. The van der Waals surface area contributed by atoms with Crippen LogP contribution in [-0.2, 0) is 4.74 Å². The van der Waals surface area contributed by atoms with E-state index in [1.54, 1.807) is 30.3 Å². The van der Waals surface area contributed by atoms with E-state index in [-0.39, 0.29) is 39.5 Å². The first-order chi connectivity index (χ1) is 17.9. The van der Waals surface area contributed by atoms with E-state index in [1.165, 1.54) is 60.9 Å². The van der Waals surface area contributed by atoms with Gasteiger partial charge in [-0.1, -0.05) is 18.2 Å². The molecule has 0 atom stereocenters. The van der Waals surface area contributed by atoms with Crippen LogP contribution in [0.4, 0.5) is 5.69 Å². The summed E-state index contributed by atoms with van der Waals surface area (Å²) >= 11 is 0. The van der Waals surface area contributed by atoms with Gasteiger partial charge in [-0.15, -0.1) is 0 Å². The number of carbonyl (C=O) groups excluding carboxylic acids is 5. The van der Waals surface area contributed by atoms with Crippen LogP contribution in [0, 0.1) is 0 Å². The highest BCUT2D eigenvalue weighted by molar-refractivity contribution is 6.34. The first-order valence-corrected chi connectivity index (χ1v) is 11.1. The third kappa shape index (κ3) is 4.65. The van der Waals surface area contributed by atoms with Crippen LogP contribution in [-0.4, -0.2) is 36.1 Å². The second-order valence-electron chi connectivity index (χ2n) is 7.93. The number of carbonyl (C=O) groups is 5. The lowest BCUT2D eigenvalue weighted by Gasteiger charge is -2.14. The number of amides is 2. The van der Waals surface area contributed by atoms with E-state index in [2.05, 4.69) is 0 Å². The molecule has 0 radical (unpaired) electrons. The van der Waals surface area contributed by atoms with Crippen molar-refractivity contribution < 1.29 is 37.9 Å². The van der Waals surface area contributed by atoms with Gasteiger partial charge < -0.3 is 13.9 Å². The summed E-state index contributed by atoms with van der Waals surface area (Å²) in [6, 6.07) is 21.1. The van der Waals surface area contributed by atoms with E-state index < -0.39 is 36.1 Å². The van der Waals surface area contributed by atoms with Gasteiger partial charge in [-0.3, -0.25) is 14.4 Å². The molecule has 0 bridgehead atoms. The van der Waals surface area contributed by atoms with E-state index in [1.807, 2.05) is 0 Å². The first kappa shape index (κ1) is 23.4. The zero-order valence-corrected chi connectivity index (χ0v) is 19.1. The van der Waals surface area contributed by atoms with Gasteiger partial charge in [0, 0.05) is 5.56 Å². The molecule has 37 heavy (non-hydrogen) atoms. The standard InChI is InChI=1S/C28H17NO8/c30-23(17-10-12-20(13-11-17)37-28(34)24-9-4-14-35-24)16-36-27(33)18-5-3-6-19(15-18)29-25(31)21-7-1-2-8-22(21)26(29)32/h1-15H,16H2. The number of hydrogen-bond acceptors (Lipinski definition) is 8. The quantitative estimate of drug-likeness (QED) is 0.161. The second-order valence-corrected chi connectivity index (χ2v) is 7.93. The lowest BCUT2D eigenvalue weighted by molar-refractivity contribution is 0.0474. The molecule has 9 nitrogen and oxygen atoms in total. The molecule has 2 heterocycles. The minimum atomic E-state index is -0.796. The smallest absolute Gasteiger partial charge is 0.379 e. The van der Waals surface area contributed by atoms with Crippen LogP contribution in [0.3, 0.4) is 0 Å². The van der Waals surface area contributed by atoms with Gasteiger partial charge in [0.05, 0.1) is 28.6 Å². The molecule has 0 unspecified atom stereocenters. The van der Waals surface area contributed by atoms with Crippen molar-refractivity contribution in [3.8, 4) is 5.75 Å². The highest BCUT2D eigenvalue weighted by atomic mass is 16.5. The van der Waals surface area contributed by atoms with E-state index in [4.69, 9.17) is 13.9 Å². The zero-order chi connectivity index (χ0) is 25.9. The maximum absolute atomic E-state index is 12.7. The molecule has 0 saturated carbocycles. The summed E-state index contributed by atoms with van der Waals surface area (Å²) in [5, 5.41) is 0. The van der Waals surface area contributed by atoms with Crippen LogP contribution in [0.15, 0.2) is 95.6 Å². The second kappa shape index (κ2) is 9.74. The summed E-state index contributed by atoms with van der Waals surface area (Å²) in [6.07, 6.45) is 1.35. The van der Waals surface area contributed by atoms with E-state index >= 15 is 0 Å². The molecule has 3 aromatic carbocycles. The zero-order valence-electron chi connectivity index (χ0n) is 19.1. The minimum absolute atomic E-state index is 0.0409. The van der Waals surface area contributed by atoms with Crippen LogP contribution in [0.5, 0.6) is 5.75 Å². The number of anilines is 1. The SMILES string of the molecule is O=C(COC(=O)c1cccc(N2C(=O)c3ccccc3C2=O)c1)c1ccc(OC(=O)c2ccco2)cc1. The summed E-state index contributed by atoms with van der Waals surface area (Å²) in [4.78, 5) is 63.4. The van der Waals surface area contributed by atoms with Crippen LogP contribution in [0.25, 0.3) is 0 Å². The number of esters is 2. The topological polar surface area (TPSA) is 120 Å². The van der Waals surface area contributed by atoms with E-state index in [0.29, 0.717) is 0 Å². The molecular formula is C28H17NO8. The molecule has 0 saturated heterocycles. The molecule has 0 fully saturated rings. The van der Waals surface area contributed by atoms with Gasteiger partial charge >= 0.3 is 11.9 Å². The maximum atomic E-state index is 12.7. The van der Waals surface area contributed by atoms with Gasteiger partial charge in [-0.05, 0) is 66.7 Å². The number of furan rings is 1. The summed E-state index contributed by atoms with van der Waals surface area (Å²) in [7, 11) is 0. The Morgan fingerprint density at radius 2 is 1.43 bits per heavy atom. The normalized spacial score (nSPS) is 12.3. The number of benzene rings is 3. The lowest BCUT2D eigenvalue weighted by atomic mass is 10.1. The van der Waals surface area contributed by atoms with Crippen LogP contribution < -0.4 is 9.64 Å². The van der Waals surface area contributed by atoms with Gasteiger partial charge in [-0.25, -0.2) is 14.5 Å². The van der Waals surface area contributed by atoms with Crippen molar-refractivity contribution in [3.05, 3.63) is 119 Å². The number of ether oxygens (including phenoxy) is 2. The van der Waals surface area contributed by atoms with E-state index in [0.717, 1.165) is 4.90 Å². The fourth-order valence-electron chi connectivity index (χ4n) is 3.75. The largest absolute Gasteiger partial charge is 0.457 e. The van der Waals surface area contributed by atoms with Crippen LogP contribution in [0.1, 0.15) is 52.0 Å². The monoisotopic (exact) mass is 495 g/mol. The average Bonchev–Trinajstić information content (AvgIpc) is 3.55. The van der Waals surface area contributed by atoms with Crippen LogP contribution >= 0.6 is 0 Å². The third-order valence-electron chi connectivity index (χ3n) is 5.58. The molecule has 9 heteroatoms. The Labute approximate surface area is 209 Å². The Bertz CT molecular complexity index is 1500. The van der Waals surface area contributed by atoms with Gasteiger partial charge in [0.25, 0.3) is 11.8 Å². The van der Waals surface area contributed by atoms with Gasteiger partial charge in [-0.2, -0.15) is 0 Å². The lowest BCUT2D eigenvalue weighted by Crippen LogP contribution is -2.29. The van der Waals surface area contributed by atoms with Gasteiger partial charge in [0.15, 0.2) is 12.4 Å². The van der Waals surface area contributed by atoms with Gasteiger partial charge in [0.1, 0.15) is 5.75 Å². The molecular weight excluding hydrogens is 478 g/mol. The van der Waals surface area contributed by atoms with Crippen LogP contribution in [0.2, 0.25) is 0 Å². The van der Waals surface area contributed by atoms with Crippen molar-refractivity contribution in [2.24, 2.45) is 0 Å². The highest BCUT2D eigenvalue weighted by Gasteiger charge is 2.36. The summed E-state index contributed by atoms with van der Waals surface area (Å²) in [5.74, 6) is -2.68. The highest BCUT2D eigenvalue weighted by Crippen LogP contribution is 2.29. The number of ketones is 1. The Balaban J connectivity index is 1.21. The molecule has 0 spiro atoms. The third-order valence-corrected chi connectivity index (χ3v) is 5.58. The van der Waals surface area contributed by atoms with Crippen molar-refractivity contribution in [2.45, 2.75) is 0 Å². The predicted octanol–water partition coefficient (Wildman–Crippen LogP) is 4.34. The molecule has 1 aliphatic rings. The minimum Gasteiger partial charge on any atom is -0.457 e. The Morgan fingerprint density at radius 3 is 2.08 bits per heavy atom. The molecule has 0 N–H and O–H groups in total. The Hall–Kier alpha value is -5.31. The summed E-state index contributed by atoms with van der Waals surface area (Å²) in [6.45, 7) is -0.540. The molecule has 2 amide bonds. The fraction of sp³-hybridized carbons (Fsp3) is 0.0357. The fourth-order valence-corrected chi connectivity index (χ4v) is 3.75. The van der Waals surface area contributed by atoms with Crippen molar-refractivity contribution in [1.29, 1.82) is 0 Å². The van der Waals surface area contributed by atoms with Crippen molar-refractivity contribution in [3.63, 3.8) is 0 Å². The van der Waals surface area contributed by atoms with Gasteiger partial charge in [0.2, 0.25) is 5.76 Å². The molecule has 0 aliphatic carbocycles. The number of nitrogens with zero attached hydrogens (tertiary/aromatic N) is 1. The average molecular weight is 495 g/mol. The van der Waals surface area contributed by atoms with E-state index in [9.17, 15) is 24.0 Å². The number of fused-ring (bicyclic) bond motifs is 1. The van der Waals surface area contributed by atoms with Crippen molar-refractivity contribution >= 4 is 35.2 Å². The van der Waals surface area contributed by atoms with Crippen molar-refractivity contribution in [1.82, 2.24) is 0 Å². The molecule has 4 aromatic rings. The number of hydrogen-bond donors (Lipinski definition) is 0. The number of Topliss-reactive ketones (excluding diaryl/α,β-unsaturated/α-hetero) is 1. The maximum Gasteiger partial charge on any atom is 0.379 e. The summed E-state index contributed by atoms with van der Waals surface area (Å²) < 4.78 is 15.3. The molecule has 1 aromatic heterocycles. The number of imide groups is 1. The summed E-state index contributed by atoms with van der Waals surface area (Å²) in [5.41, 5.74) is 1.10. The Kier molecular flexibility index (Phi) is 6.17. The Morgan fingerprint density at radius 1 is 0.730 bits per heavy atom. The first-order valence-electron chi connectivity index (χ1n) is 11.1. The predicted molar refractivity (Wildman–Crippen MR) is 129 cm³/mol. The molecule has 182 valence electrons. The molecule has 1 aliphatic heterocycles. The molecule has 5 rings (SSSR count). The van der Waals surface area contributed by atoms with Crippen molar-refractivity contribution in [2.75, 3.05) is 11.5 Å².